The Morgan fingerprint density at radius 3 is 2.61 bits per heavy atom. The molecule has 0 aliphatic carbocycles. The summed E-state index contributed by atoms with van der Waals surface area (Å²) >= 11 is 0. The van der Waals surface area contributed by atoms with Crippen LogP contribution in [-0.2, 0) is 21.3 Å². The van der Waals surface area contributed by atoms with Crippen molar-refractivity contribution in [3.8, 4) is 0 Å². The Hall–Kier alpha value is -2.47. The second kappa shape index (κ2) is 11.1. The zero-order valence-electron chi connectivity index (χ0n) is 20.2. The van der Waals surface area contributed by atoms with Crippen LogP contribution in [0, 0.1) is 25.1 Å². The third-order valence-electron chi connectivity index (χ3n) is 5.76. The van der Waals surface area contributed by atoms with Crippen LogP contribution in [0.4, 0.5) is 0 Å². The molecule has 2 aromatic heterocycles. The van der Waals surface area contributed by atoms with Crippen molar-refractivity contribution in [1.29, 1.82) is 0 Å². The van der Waals surface area contributed by atoms with Gasteiger partial charge in [-0.2, -0.15) is 4.31 Å². The number of benzene rings is 1. The van der Waals surface area contributed by atoms with Gasteiger partial charge in [0.15, 0.2) is 0 Å². The van der Waals surface area contributed by atoms with Gasteiger partial charge in [-0.3, -0.25) is 0 Å². The highest BCUT2D eigenvalue weighted by Gasteiger charge is 2.28. The van der Waals surface area contributed by atoms with Crippen LogP contribution in [0.25, 0.3) is 11.0 Å². The predicted octanol–water partition coefficient (Wildman–Crippen LogP) is 4.24. The third-order valence-corrected chi connectivity index (χ3v) is 7.69. The lowest BCUT2D eigenvalue weighted by atomic mass is 10.0. The van der Waals surface area contributed by atoms with E-state index in [-0.39, 0.29) is 10.9 Å². The molecule has 0 radical (unpaired) electrons. The normalized spacial score (nSPS) is 13.1. The minimum Gasteiger partial charge on any atom is -0.380 e. The van der Waals surface area contributed by atoms with Crippen LogP contribution in [0.5, 0.6) is 0 Å². The van der Waals surface area contributed by atoms with Crippen LogP contribution >= 0.6 is 0 Å². The Balaban J connectivity index is 1.76. The molecule has 178 valence electrons. The summed E-state index contributed by atoms with van der Waals surface area (Å²) in [5.41, 5.74) is 2.58. The number of ether oxygens (including phenoxy) is 1. The molecule has 0 spiro atoms. The molecular weight excluding hydrogens is 436 g/mol. The monoisotopic (exact) mass is 470 g/mol. The van der Waals surface area contributed by atoms with E-state index < -0.39 is 10.0 Å². The van der Waals surface area contributed by atoms with Crippen LogP contribution in [0.1, 0.15) is 51.4 Å². The summed E-state index contributed by atoms with van der Waals surface area (Å²) in [6, 6.07) is 9.87. The Morgan fingerprint density at radius 1 is 1.21 bits per heavy atom. The van der Waals surface area contributed by atoms with Crippen molar-refractivity contribution in [3.05, 3.63) is 54.1 Å². The van der Waals surface area contributed by atoms with E-state index in [9.17, 15) is 8.42 Å². The molecule has 0 saturated heterocycles. The number of nitrogens with zero attached hydrogens (tertiary/aromatic N) is 4. The molecule has 33 heavy (non-hydrogen) atoms. The van der Waals surface area contributed by atoms with E-state index in [4.69, 9.17) is 4.74 Å². The van der Waals surface area contributed by atoms with E-state index in [2.05, 4.69) is 43.0 Å². The standard InChI is InChI=1S/C25H34N4O3S/c1-6-7-14-32-18-22(15-19(2)3)28(5)33(30,31)23-10-8-21(9-11-23)17-29-20(4)27-24-16-26-13-12-25(24)29/h8-11,16,19,22H,6-7,14-15,17-18H2,1-5H3/t22-/m0/s1. The summed E-state index contributed by atoms with van der Waals surface area (Å²) in [6.45, 7) is 9.86. The summed E-state index contributed by atoms with van der Waals surface area (Å²) in [5.74, 6) is 1.21. The van der Waals surface area contributed by atoms with E-state index in [1.165, 1.54) is 4.31 Å². The molecule has 0 N–H and O–H groups in total. The number of sulfonamides is 1. The van der Waals surface area contributed by atoms with E-state index in [0.29, 0.717) is 25.7 Å². The van der Waals surface area contributed by atoms with Crippen molar-refractivity contribution in [2.45, 2.75) is 64.4 Å². The molecule has 0 aliphatic rings. The molecule has 2 heterocycles. The molecule has 1 aromatic carbocycles. The van der Waals surface area contributed by atoms with Crippen molar-refractivity contribution < 1.29 is 13.2 Å². The molecule has 0 fully saturated rings. The molecule has 3 aromatic rings. The van der Waals surface area contributed by atoms with Gasteiger partial charge in [-0.1, -0.05) is 39.3 Å². The Kier molecular flexibility index (Phi) is 8.46. The molecule has 3 rings (SSSR count). The van der Waals surface area contributed by atoms with Crippen molar-refractivity contribution in [2.24, 2.45) is 5.92 Å². The second-order valence-electron chi connectivity index (χ2n) is 8.85. The predicted molar refractivity (Wildman–Crippen MR) is 129 cm³/mol. The highest BCUT2D eigenvalue weighted by Crippen LogP contribution is 2.22. The van der Waals surface area contributed by atoms with Gasteiger partial charge < -0.3 is 9.30 Å². The molecule has 0 aliphatic heterocycles. The summed E-state index contributed by atoms with van der Waals surface area (Å²) in [7, 11) is -1.98. The fraction of sp³-hybridized carbons (Fsp3) is 0.520. The Morgan fingerprint density at radius 2 is 1.94 bits per heavy atom. The molecular formula is C25H34N4O3S. The number of imidazole rings is 1. The molecule has 8 heteroatoms. The van der Waals surface area contributed by atoms with Gasteiger partial charge in [-0.25, -0.2) is 18.4 Å². The van der Waals surface area contributed by atoms with Crippen LogP contribution in [-0.4, -0.2) is 53.6 Å². The van der Waals surface area contributed by atoms with Gasteiger partial charge in [0, 0.05) is 32.4 Å². The van der Waals surface area contributed by atoms with Gasteiger partial charge in [0.2, 0.25) is 10.0 Å². The largest absolute Gasteiger partial charge is 0.380 e. The highest BCUT2D eigenvalue weighted by atomic mass is 32.2. The van der Waals surface area contributed by atoms with Crippen LogP contribution in [0.15, 0.2) is 35.4 Å². The number of likely N-dealkylation sites (N-methyl/N-ethyl adjacent to an activating group) is 1. The van der Waals surface area contributed by atoms with Crippen molar-refractivity contribution >= 4 is 21.1 Å². The first-order valence-electron chi connectivity index (χ1n) is 11.5. The lowest BCUT2D eigenvalue weighted by Crippen LogP contribution is -2.41. The molecule has 0 unspecified atom stereocenters. The molecule has 0 amide bonds. The number of hydrogen-bond acceptors (Lipinski definition) is 5. The van der Waals surface area contributed by atoms with Gasteiger partial charge >= 0.3 is 0 Å². The Bertz CT molecular complexity index is 1140. The first kappa shape index (κ1) is 25.2. The number of rotatable bonds is 12. The average Bonchev–Trinajstić information content (AvgIpc) is 3.10. The fourth-order valence-electron chi connectivity index (χ4n) is 3.82. The van der Waals surface area contributed by atoms with Gasteiger partial charge in [0.05, 0.1) is 17.7 Å². The van der Waals surface area contributed by atoms with Crippen LogP contribution < -0.4 is 0 Å². The number of unbranched alkanes of at least 4 members (excludes halogenated alkanes) is 1. The zero-order chi connectivity index (χ0) is 24.0. The zero-order valence-corrected chi connectivity index (χ0v) is 21.0. The molecule has 0 saturated carbocycles. The average molecular weight is 471 g/mol. The van der Waals surface area contributed by atoms with Gasteiger partial charge in [0.25, 0.3) is 0 Å². The number of fused-ring (bicyclic) bond motifs is 1. The van der Waals surface area contributed by atoms with Crippen LogP contribution in [0.3, 0.4) is 0 Å². The third kappa shape index (κ3) is 6.11. The highest BCUT2D eigenvalue weighted by molar-refractivity contribution is 7.89. The quantitative estimate of drug-likeness (QED) is 0.370. The van der Waals surface area contributed by atoms with Crippen molar-refractivity contribution in [2.75, 3.05) is 20.3 Å². The summed E-state index contributed by atoms with van der Waals surface area (Å²) in [6.07, 6.45) is 7.17. The first-order valence-corrected chi connectivity index (χ1v) is 12.9. The maximum Gasteiger partial charge on any atom is 0.243 e. The van der Waals surface area contributed by atoms with Gasteiger partial charge in [-0.05, 0) is 49.4 Å². The lowest BCUT2D eigenvalue weighted by molar-refractivity contribution is 0.0843. The van der Waals surface area contributed by atoms with Crippen molar-refractivity contribution in [3.63, 3.8) is 0 Å². The minimum atomic E-state index is -3.63. The number of aryl methyl sites for hydroxylation is 1. The first-order chi connectivity index (χ1) is 15.7. The smallest absolute Gasteiger partial charge is 0.243 e. The second-order valence-corrected chi connectivity index (χ2v) is 10.8. The molecule has 1 atom stereocenters. The summed E-state index contributed by atoms with van der Waals surface area (Å²) in [4.78, 5) is 8.74. The lowest BCUT2D eigenvalue weighted by Gasteiger charge is -2.29. The van der Waals surface area contributed by atoms with Gasteiger partial charge in [0.1, 0.15) is 16.9 Å². The maximum atomic E-state index is 13.3. The topological polar surface area (TPSA) is 77.3 Å². The summed E-state index contributed by atoms with van der Waals surface area (Å²) < 4.78 is 36.0. The fourth-order valence-corrected chi connectivity index (χ4v) is 5.18. The maximum absolute atomic E-state index is 13.3. The SMILES string of the molecule is CCCCOC[C@H](CC(C)C)N(C)S(=O)(=O)c1ccc(Cn2c(C)nc3cnc#cc32)cc1. The van der Waals surface area contributed by atoms with E-state index >= 15 is 0 Å². The van der Waals surface area contributed by atoms with E-state index in [1.54, 1.807) is 25.4 Å². The number of hydrogen-bond donors (Lipinski definition) is 0. The van der Waals surface area contributed by atoms with Crippen LogP contribution in [0.2, 0.25) is 0 Å². The van der Waals surface area contributed by atoms with E-state index in [0.717, 1.165) is 41.7 Å². The number of aromatic nitrogens is 3. The molecule has 0 bridgehead atoms. The summed E-state index contributed by atoms with van der Waals surface area (Å²) in [5, 5.41) is 0. The van der Waals surface area contributed by atoms with E-state index in [1.807, 2.05) is 23.6 Å². The molecule has 7 nitrogen and oxygen atoms in total. The van der Waals surface area contributed by atoms with Gasteiger partial charge in [-0.15, -0.1) is 0 Å². The Labute approximate surface area is 197 Å². The minimum absolute atomic E-state index is 0.202. The van der Waals surface area contributed by atoms with Crippen molar-refractivity contribution in [1.82, 2.24) is 18.8 Å².